The molecule has 0 radical (unpaired) electrons. The molecule has 0 fully saturated rings. The lowest BCUT2D eigenvalue weighted by Gasteiger charge is -2.10. The van der Waals surface area contributed by atoms with Gasteiger partial charge in [0.2, 0.25) is 0 Å². The first-order valence-electron chi connectivity index (χ1n) is 8.40. The summed E-state index contributed by atoms with van der Waals surface area (Å²) in [5.74, 6) is -2.74. The van der Waals surface area contributed by atoms with E-state index in [4.69, 9.17) is 9.47 Å². The SMILES string of the molecule is CCCCCOC(=O)c1ccccc1C(=O)OCc1cc(F)ccc1F. The van der Waals surface area contributed by atoms with Gasteiger partial charge in [-0.1, -0.05) is 31.9 Å². The van der Waals surface area contributed by atoms with Crippen LogP contribution >= 0.6 is 0 Å². The highest BCUT2D eigenvalue weighted by molar-refractivity contribution is 6.03. The molecule has 26 heavy (non-hydrogen) atoms. The van der Waals surface area contributed by atoms with Gasteiger partial charge in [0, 0.05) is 5.56 Å². The molecule has 2 aromatic carbocycles. The minimum Gasteiger partial charge on any atom is -0.462 e. The Hall–Kier alpha value is -2.76. The first-order chi connectivity index (χ1) is 12.5. The predicted octanol–water partition coefficient (Wildman–Crippen LogP) is 4.67. The van der Waals surface area contributed by atoms with E-state index in [2.05, 4.69) is 0 Å². The van der Waals surface area contributed by atoms with Gasteiger partial charge in [-0.3, -0.25) is 0 Å². The molecule has 0 bridgehead atoms. The normalized spacial score (nSPS) is 10.4. The average molecular weight is 362 g/mol. The summed E-state index contributed by atoms with van der Waals surface area (Å²) in [5.41, 5.74) is 0.0106. The fraction of sp³-hybridized carbons (Fsp3) is 0.300. The van der Waals surface area contributed by atoms with Crippen molar-refractivity contribution >= 4 is 11.9 Å². The molecule has 0 spiro atoms. The van der Waals surface area contributed by atoms with Gasteiger partial charge >= 0.3 is 11.9 Å². The monoisotopic (exact) mass is 362 g/mol. The van der Waals surface area contributed by atoms with E-state index in [1.807, 2.05) is 6.92 Å². The molecule has 0 N–H and O–H groups in total. The van der Waals surface area contributed by atoms with Gasteiger partial charge in [-0.25, -0.2) is 18.4 Å². The van der Waals surface area contributed by atoms with E-state index in [0.29, 0.717) is 0 Å². The molecule has 0 unspecified atom stereocenters. The Labute approximate surface area is 150 Å². The lowest BCUT2D eigenvalue weighted by molar-refractivity contribution is 0.0433. The summed E-state index contributed by atoms with van der Waals surface area (Å²) in [6.07, 6.45) is 2.68. The summed E-state index contributed by atoms with van der Waals surface area (Å²) in [6.45, 7) is 1.86. The fourth-order valence-corrected chi connectivity index (χ4v) is 2.31. The summed E-state index contributed by atoms with van der Waals surface area (Å²) in [4.78, 5) is 24.4. The Bertz CT molecular complexity index is 774. The number of benzene rings is 2. The summed E-state index contributed by atoms with van der Waals surface area (Å²) < 4.78 is 37.0. The Morgan fingerprint density at radius 3 is 2.23 bits per heavy atom. The number of halogens is 2. The lowest BCUT2D eigenvalue weighted by atomic mass is 10.1. The third-order valence-corrected chi connectivity index (χ3v) is 3.71. The highest BCUT2D eigenvalue weighted by atomic mass is 19.1. The van der Waals surface area contributed by atoms with E-state index in [9.17, 15) is 18.4 Å². The van der Waals surface area contributed by atoms with Crippen molar-refractivity contribution in [3.05, 3.63) is 70.8 Å². The van der Waals surface area contributed by atoms with Crippen molar-refractivity contribution in [1.82, 2.24) is 0 Å². The Balaban J connectivity index is 2.04. The van der Waals surface area contributed by atoms with E-state index in [0.717, 1.165) is 37.5 Å². The zero-order valence-electron chi connectivity index (χ0n) is 14.5. The van der Waals surface area contributed by atoms with Crippen LogP contribution in [0.2, 0.25) is 0 Å². The molecule has 0 saturated heterocycles. The maximum absolute atomic E-state index is 13.6. The van der Waals surface area contributed by atoms with E-state index in [1.54, 1.807) is 12.1 Å². The smallest absolute Gasteiger partial charge is 0.339 e. The highest BCUT2D eigenvalue weighted by Crippen LogP contribution is 2.15. The number of rotatable bonds is 8. The van der Waals surface area contributed by atoms with Crippen molar-refractivity contribution in [1.29, 1.82) is 0 Å². The molecule has 0 saturated carbocycles. The Morgan fingerprint density at radius 2 is 1.58 bits per heavy atom. The van der Waals surface area contributed by atoms with E-state index < -0.39 is 30.2 Å². The summed E-state index contributed by atoms with van der Waals surface area (Å²) >= 11 is 0. The van der Waals surface area contributed by atoms with Gasteiger partial charge in [0.1, 0.15) is 18.2 Å². The number of hydrogen-bond acceptors (Lipinski definition) is 4. The van der Waals surface area contributed by atoms with Crippen LogP contribution in [0.3, 0.4) is 0 Å². The van der Waals surface area contributed by atoms with Crippen LogP contribution in [0.15, 0.2) is 42.5 Å². The number of ether oxygens (including phenoxy) is 2. The highest BCUT2D eigenvalue weighted by Gasteiger charge is 2.19. The van der Waals surface area contributed by atoms with Gasteiger partial charge in [0.05, 0.1) is 17.7 Å². The zero-order valence-corrected chi connectivity index (χ0v) is 14.5. The van der Waals surface area contributed by atoms with Gasteiger partial charge in [-0.05, 0) is 36.8 Å². The topological polar surface area (TPSA) is 52.6 Å². The van der Waals surface area contributed by atoms with Crippen molar-refractivity contribution in [2.75, 3.05) is 6.61 Å². The third-order valence-electron chi connectivity index (χ3n) is 3.71. The molecule has 4 nitrogen and oxygen atoms in total. The second-order valence-corrected chi connectivity index (χ2v) is 5.70. The van der Waals surface area contributed by atoms with Gasteiger partial charge in [-0.2, -0.15) is 0 Å². The van der Waals surface area contributed by atoms with Crippen LogP contribution in [0.4, 0.5) is 8.78 Å². The maximum atomic E-state index is 13.6. The van der Waals surface area contributed by atoms with Crippen molar-refractivity contribution in [2.24, 2.45) is 0 Å². The summed E-state index contributed by atoms with van der Waals surface area (Å²) in [6, 6.07) is 8.95. The minimum absolute atomic E-state index is 0.0183. The van der Waals surface area contributed by atoms with Gasteiger partial charge in [0.25, 0.3) is 0 Å². The second-order valence-electron chi connectivity index (χ2n) is 5.70. The summed E-state index contributed by atoms with van der Waals surface area (Å²) in [7, 11) is 0. The second kappa shape index (κ2) is 9.65. The van der Waals surface area contributed by atoms with Crippen LogP contribution in [0.5, 0.6) is 0 Å². The third kappa shape index (κ3) is 5.37. The first-order valence-corrected chi connectivity index (χ1v) is 8.40. The minimum atomic E-state index is -0.810. The maximum Gasteiger partial charge on any atom is 0.339 e. The summed E-state index contributed by atoms with van der Waals surface area (Å²) in [5, 5.41) is 0. The molecular formula is C20H20F2O4. The molecule has 0 aliphatic rings. The van der Waals surface area contributed by atoms with Gasteiger partial charge < -0.3 is 9.47 Å². The Kier molecular flexibility index (Phi) is 7.26. The molecule has 0 atom stereocenters. The number of hydrogen-bond donors (Lipinski definition) is 0. The van der Waals surface area contributed by atoms with Gasteiger partial charge in [0.15, 0.2) is 0 Å². The largest absolute Gasteiger partial charge is 0.462 e. The molecular weight excluding hydrogens is 342 g/mol. The van der Waals surface area contributed by atoms with Gasteiger partial charge in [-0.15, -0.1) is 0 Å². The Morgan fingerprint density at radius 1 is 0.923 bits per heavy atom. The molecule has 2 rings (SSSR count). The van der Waals surface area contributed by atoms with Crippen molar-refractivity contribution < 1.29 is 27.8 Å². The van der Waals surface area contributed by atoms with Crippen LogP contribution in [0.25, 0.3) is 0 Å². The quantitative estimate of drug-likeness (QED) is 0.506. The molecule has 0 heterocycles. The van der Waals surface area contributed by atoms with E-state index in [1.165, 1.54) is 12.1 Å². The van der Waals surface area contributed by atoms with Crippen LogP contribution in [0, 0.1) is 11.6 Å². The molecule has 6 heteroatoms. The molecule has 0 aliphatic carbocycles. The molecule has 2 aromatic rings. The molecule has 0 amide bonds. The standard InChI is InChI=1S/C20H20F2O4/c1-2-3-6-11-25-19(23)16-7-4-5-8-17(16)20(24)26-13-14-12-15(21)9-10-18(14)22/h4-5,7-10,12H,2-3,6,11,13H2,1H3. The van der Waals surface area contributed by atoms with Crippen LogP contribution < -0.4 is 0 Å². The number of esters is 2. The number of carbonyl (C=O) groups is 2. The molecule has 0 aromatic heterocycles. The average Bonchev–Trinajstić information content (AvgIpc) is 2.65. The van der Waals surface area contributed by atoms with Crippen molar-refractivity contribution in [2.45, 2.75) is 32.8 Å². The van der Waals surface area contributed by atoms with Crippen molar-refractivity contribution in [3.63, 3.8) is 0 Å². The fourth-order valence-electron chi connectivity index (χ4n) is 2.31. The predicted molar refractivity (Wildman–Crippen MR) is 91.7 cm³/mol. The molecule has 138 valence electrons. The zero-order chi connectivity index (χ0) is 18.9. The number of unbranched alkanes of at least 4 members (excludes halogenated alkanes) is 2. The lowest BCUT2D eigenvalue weighted by Crippen LogP contribution is -2.14. The van der Waals surface area contributed by atoms with Crippen LogP contribution in [-0.2, 0) is 16.1 Å². The van der Waals surface area contributed by atoms with E-state index >= 15 is 0 Å². The molecule has 0 aliphatic heterocycles. The first kappa shape index (κ1) is 19.6. The van der Waals surface area contributed by atoms with Crippen LogP contribution in [-0.4, -0.2) is 18.5 Å². The van der Waals surface area contributed by atoms with Crippen LogP contribution in [0.1, 0.15) is 52.5 Å². The number of carbonyl (C=O) groups excluding carboxylic acids is 2. The van der Waals surface area contributed by atoms with Crippen molar-refractivity contribution in [3.8, 4) is 0 Å². The van der Waals surface area contributed by atoms with E-state index in [-0.39, 0.29) is 23.3 Å².